The first-order chi connectivity index (χ1) is 9.76. The fourth-order valence-electron chi connectivity index (χ4n) is 1.89. The van der Waals surface area contributed by atoms with Crippen LogP contribution in [0.15, 0.2) is 35.9 Å². The summed E-state index contributed by atoms with van der Waals surface area (Å²) in [7, 11) is 1.65. The molecular weight excluding hydrogens is 289 g/mol. The van der Waals surface area contributed by atoms with Crippen molar-refractivity contribution in [3.8, 4) is 0 Å². The molecule has 0 saturated heterocycles. The molecule has 2 aliphatic rings. The Morgan fingerprint density at radius 3 is 2.86 bits per heavy atom. The van der Waals surface area contributed by atoms with Crippen LogP contribution in [0.3, 0.4) is 0 Å². The van der Waals surface area contributed by atoms with Crippen LogP contribution in [0.4, 0.5) is 13.2 Å². The van der Waals surface area contributed by atoms with E-state index < -0.39 is 31.0 Å². The molecule has 2 atom stereocenters. The number of nitrogens with one attached hydrogen (secondary N) is 2. The summed E-state index contributed by atoms with van der Waals surface area (Å²) in [5, 5.41) is 5.12. The molecule has 0 saturated carbocycles. The molecule has 2 heterocycles. The van der Waals surface area contributed by atoms with Crippen molar-refractivity contribution in [3.63, 3.8) is 0 Å². The van der Waals surface area contributed by atoms with Gasteiger partial charge in [0.15, 0.2) is 6.23 Å². The molecule has 0 aromatic heterocycles. The fourth-order valence-corrected chi connectivity index (χ4v) is 1.89. The van der Waals surface area contributed by atoms with Crippen LogP contribution >= 0.6 is 0 Å². The van der Waals surface area contributed by atoms with E-state index in [0.29, 0.717) is 5.57 Å². The maximum Gasteiger partial charge on any atom is 0.401 e. The highest BCUT2D eigenvalue weighted by Crippen LogP contribution is 2.20. The Labute approximate surface area is 119 Å². The van der Waals surface area contributed by atoms with Crippen LogP contribution in [0, 0.1) is 0 Å². The summed E-state index contributed by atoms with van der Waals surface area (Å²) in [6, 6.07) is 0. The van der Waals surface area contributed by atoms with Crippen molar-refractivity contribution in [2.75, 3.05) is 13.6 Å². The second-order valence-corrected chi connectivity index (χ2v) is 4.65. The van der Waals surface area contributed by atoms with E-state index in [1.165, 1.54) is 6.26 Å². The summed E-state index contributed by atoms with van der Waals surface area (Å²) < 4.78 is 42.0. The molecule has 4 N–H and O–H groups in total. The maximum atomic E-state index is 12.3. The molecule has 6 nitrogen and oxygen atoms in total. The zero-order valence-corrected chi connectivity index (χ0v) is 11.1. The van der Waals surface area contributed by atoms with Crippen LogP contribution in [0.2, 0.25) is 0 Å². The van der Waals surface area contributed by atoms with Crippen molar-refractivity contribution in [1.29, 1.82) is 0 Å². The van der Waals surface area contributed by atoms with Gasteiger partial charge in [0.05, 0.1) is 12.7 Å². The first-order valence-electron chi connectivity index (χ1n) is 6.10. The number of ether oxygens (including phenoxy) is 1. The van der Waals surface area contributed by atoms with E-state index in [0.717, 1.165) is 0 Å². The Hall–Kier alpha value is -2.16. The number of nitrogens with two attached hydrogens (primary N) is 1. The second kappa shape index (κ2) is 5.68. The standard InChI is InChI=1S/C12H15F3N4O2/c1-19-3-2-7(4-9(19)17-6-12(13,14)15)11-18-8(5-21-11)10(16)20/h2-5,9,11,17-18H,6H2,1H3,(H2,16,20). The van der Waals surface area contributed by atoms with E-state index in [2.05, 4.69) is 10.6 Å². The Bertz CT molecular complexity index is 513. The van der Waals surface area contributed by atoms with Gasteiger partial charge in [0.1, 0.15) is 12.0 Å². The van der Waals surface area contributed by atoms with E-state index >= 15 is 0 Å². The van der Waals surface area contributed by atoms with Crippen LogP contribution < -0.4 is 16.4 Å². The molecule has 2 aliphatic heterocycles. The molecule has 116 valence electrons. The van der Waals surface area contributed by atoms with Gasteiger partial charge in [-0.05, 0) is 12.2 Å². The predicted octanol–water partition coefficient (Wildman–Crippen LogP) is 0.122. The van der Waals surface area contributed by atoms with Gasteiger partial charge in [0.25, 0.3) is 5.91 Å². The number of carbonyl (C=O) groups excluding carboxylic acids is 1. The minimum Gasteiger partial charge on any atom is -0.472 e. The topological polar surface area (TPSA) is 79.6 Å². The van der Waals surface area contributed by atoms with Crippen molar-refractivity contribution in [2.24, 2.45) is 5.73 Å². The molecule has 0 aromatic carbocycles. The Balaban J connectivity index is 2.01. The number of likely N-dealkylation sites (N-methyl/N-ethyl adjacent to an activating group) is 1. The van der Waals surface area contributed by atoms with E-state index in [1.807, 2.05) is 0 Å². The van der Waals surface area contributed by atoms with Crippen molar-refractivity contribution in [1.82, 2.24) is 15.5 Å². The lowest BCUT2D eigenvalue weighted by molar-refractivity contribution is -0.127. The van der Waals surface area contributed by atoms with E-state index in [-0.39, 0.29) is 5.70 Å². The van der Waals surface area contributed by atoms with Crippen molar-refractivity contribution >= 4 is 5.91 Å². The van der Waals surface area contributed by atoms with Gasteiger partial charge < -0.3 is 20.7 Å². The smallest absolute Gasteiger partial charge is 0.401 e. The molecule has 0 bridgehead atoms. The summed E-state index contributed by atoms with van der Waals surface area (Å²) in [6.07, 6.45) is 0.512. The Morgan fingerprint density at radius 2 is 2.29 bits per heavy atom. The molecule has 0 fully saturated rings. The summed E-state index contributed by atoms with van der Waals surface area (Å²) in [5.74, 6) is -0.665. The highest BCUT2D eigenvalue weighted by atomic mass is 19.4. The lowest BCUT2D eigenvalue weighted by atomic mass is 10.1. The molecule has 0 aromatic rings. The van der Waals surface area contributed by atoms with E-state index in [1.54, 1.807) is 30.3 Å². The minimum absolute atomic E-state index is 0.119. The molecule has 2 rings (SSSR count). The first-order valence-corrected chi connectivity index (χ1v) is 6.10. The highest BCUT2D eigenvalue weighted by Gasteiger charge is 2.30. The van der Waals surface area contributed by atoms with Gasteiger partial charge >= 0.3 is 6.18 Å². The third kappa shape index (κ3) is 3.91. The number of rotatable bonds is 4. The molecule has 0 aliphatic carbocycles. The summed E-state index contributed by atoms with van der Waals surface area (Å²) in [4.78, 5) is 12.6. The number of hydrogen-bond acceptors (Lipinski definition) is 5. The molecule has 1 amide bonds. The monoisotopic (exact) mass is 304 g/mol. The summed E-state index contributed by atoms with van der Waals surface area (Å²) >= 11 is 0. The molecule has 0 radical (unpaired) electrons. The lowest BCUT2D eigenvalue weighted by Gasteiger charge is -2.30. The van der Waals surface area contributed by atoms with Crippen LogP contribution in [-0.4, -0.2) is 43.0 Å². The average Bonchev–Trinajstić information content (AvgIpc) is 2.86. The minimum atomic E-state index is -4.29. The van der Waals surface area contributed by atoms with Crippen LogP contribution in [0.1, 0.15) is 0 Å². The molecule has 2 unspecified atom stereocenters. The largest absolute Gasteiger partial charge is 0.472 e. The van der Waals surface area contributed by atoms with Gasteiger partial charge in [-0.15, -0.1) is 0 Å². The number of alkyl halides is 3. The summed E-state index contributed by atoms with van der Waals surface area (Å²) in [6.45, 7) is -1.11. The van der Waals surface area contributed by atoms with Crippen molar-refractivity contribution < 1.29 is 22.7 Å². The number of carbonyl (C=O) groups is 1. The zero-order valence-electron chi connectivity index (χ0n) is 11.1. The van der Waals surface area contributed by atoms with Gasteiger partial charge in [-0.25, -0.2) is 0 Å². The fraction of sp³-hybridized carbons (Fsp3) is 0.417. The van der Waals surface area contributed by atoms with E-state index in [9.17, 15) is 18.0 Å². The normalized spacial score (nSPS) is 25.0. The first kappa shape index (κ1) is 15.2. The predicted molar refractivity (Wildman–Crippen MR) is 68.1 cm³/mol. The van der Waals surface area contributed by atoms with Crippen molar-refractivity contribution in [3.05, 3.63) is 35.9 Å². The molecule has 21 heavy (non-hydrogen) atoms. The Kier molecular flexibility index (Phi) is 4.12. The van der Waals surface area contributed by atoms with Crippen LogP contribution in [0.25, 0.3) is 0 Å². The third-order valence-electron chi connectivity index (χ3n) is 2.98. The SMILES string of the molecule is CN1C=CC(C2NC(C(N)=O)=CO2)=CC1NCC(F)(F)F. The van der Waals surface area contributed by atoms with Crippen LogP contribution in [-0.2, 0) is 9.53 Å². The lowest BCUT2D eigenvalue weighted by Crippen LogP contribution is -2.45. The van der Waals surface area contributed by atoms with Gasteiger partial charge in [0.2, 0.25) is 0 Å². The summed E-state index contributed by atoms with van der Waals surface area (Å²) in [5.41, 5.74) is 5.82. The number of amides is 1. The number of halogens is 3. The third-order valence-corrected chi connectivity index (χ3v) is 2.98. The Morgan fingerprint density at radius 1 is 1.57 bits per heavy atom. The number of nitrogens with zero attached hydrogens (tertiary/aromatic N) is 1. The van der Waals surface area contributed by atoms with E-state index in [4.69, 9.17) is 10.5 Å². The average molecular weight is 304 g/mol. The van der Waals surface area contributed by atoms with Gasteiger partial charge in [0, 0.05) is 18.8 Å². The zero-order chi connectivity index (χ0) is 15.6. The molecular formula is C12H15F3N4O2. The number of hydrogen-bond donors (Lipinski definition) is 3. The van der Waals surface area contributed by atoms with Gasteiger partial charge in [-0.1, -0.05) is 0 Å². The van der Waals surface area contributed by atoms with Crippen molar-refractivity contribution in [2.45, 2.75) is 18.6 Å². The molecule has 9 heteroatoms. The maximum absolute atomic E-state index is 12.3. The van der Waals surface area contributed by atoms with Crippen LogP contribution in [0.5, 0.6) is 0 Å². The molecule has 0 spiro atoms. The quantitative estimate of drug-likeness (QED) is 0.688. The van der Waals surface area contributed by atoms with Gasteiger partial charge in [-0.2, -0.15) is 13.2 Å². The van der Waals surface area contributed by atoms with Gasteiger partial charge in [-0.3, -0.25) is 10.1 Å². The number of primary amides is 1. The second-order valence-electron chi connectivity index (χ2n) is 4.65. The highest BCUT2D eigenvalue weighted by molar-refractivity contribution is 5.91.